The molecule has 2 aliphatic rings. The first-order valence-electron chi connectivity index (χ1n) is 10.8. The topological polar surface area (TPSA) is 77.3 Å². The third-order valence-electron chi connectivity index (χ3n) is 6.26. The molecule has 0 unspecified atom stereocenters. The fourth-order valence-corrected chi connectivity index (χ4v) is 5.55. The van der Waals surface area contributed by atoms with Gasteiger partial charge in [0.05, 0.1) is 24.6 Å². The summed E-state index contributed by atoms with van der Waals surface area (Å²) < 4.78 is 34.3. The van der Waals surface area contributed by atoms with Gasteiger partial charge in [-0.25, -0.2) is 8.42 Å². The zero-order valence-electron chi connectivity index (χ0n) is 17.8. The molecule has 5 rings (SSSR count). The number of rotatable bonds is 4. The lowest BCUT2D eigenvalue weighted by Crippen LogP contribution is -2.28. The highest BCUT2D eigenvalue weighted by atomic mass is 35.5. The fraction of sp³-hybridized carbons (Fsp3) is 0.391. The maximum Gasteiger partial charge on any atom is 0.211 e. The van der Waals surface area contributed by atoms with Crippen molar-refractivity contribution < 1.29 is 13.2 Å². The Morgan fingerprint density at radius 2 is 1.75 bits per heavy atom. The molecule has 32 heavy (non-hydrogen) atoms. The maximum absolute atomic E-state index is 12.4. The second-order valence-corrected chi connectivity index (χ2v) is 10.9. The van der Waals surface area contributed by atoms with E-state index in [1.165, 1.54) is 10.6 Å². The number of halogens is 1. The summed E-state index contributed by atoms with van der Waals surface area (Å²) in [7, 11) is -3.41. The Morgan fingerprint density at radius 3 is 2.47 bits per heavy atom. The standard InChI is InChI=1S/C23H25ClN4O3S/c1-32(29,30)27-14-17-13-18(24)9-12-21(17)28-22(15-27)25-26-23(28)16-7-10-20(11-8-16)31-19-5-3-2-4-6-19/h2-6,9,12-13,16,20H,7-8,10-11,14-15H2,1H3/t16-,20-. The number of fused-ring (bicyclic) bond motifs is 3. The first-order chi connectivity index (χ1) is 15.4. The van der Waals surface area contributed by atoms with Crippen molar-refractivity contribution >= 4 is 21.6 Å². The molecule has 3 aromatic rings. The summed E-state index contributed by atoms with van der Waals surface area (Å²) in [5, 5.41) is 9.51. The molecule has 2 aromatic carbocycles. The van der Waals surface area contributed by atoms with Gasteiger partial charge in [0.2, 0.25) is 10.0 Å². The molecular weight excluding hydrogens is 448 g/mol. The number of nitrogens with zero attached hydrogens (tertiary/aromatic N) is 4. The molecule has 7 nitrogen and oxygen atoms in total. The molecule has 0 amide bonds. The van der Waals surface area contributed by atoms with Crippen LogP contribution in [0.2, 0.25) is 5.02 Å². The van der Waals surface area contributed by atoms with E-state index in [1.807, 2.05) is 53.1 Å². The van der Waals surface area contributed by atoms with Gasteiger partial charge in [-0.2, -0.15) is 4.31 Å². The van der Waals surface area contributed by atoms with Crippen molar-refractivity contribution in [3.05, 3.63) is 70.8 Å². The Hall–Kier alpha value is -2.42. The van der Waals surface area contributed by atoms with Crippen LogP contribution in [0, 0.1) is 0 Å². The number of benzene rings is 2. The molecule has 0 radical (unpaired) electrons. The SMILES string of the molecule is CS(=O)(=O)N1Cc2cc(Cl)ccc2-n2c(nnc2[C@H]2CC[C@H](Oc3ccccc3)CC2)C1. The van der Waals surface area contributed by atoms with Gasteiger partial charge in [0.1, 0.15) is 11.6 Å². The molecule has 0 bridgehead atoms. The predicted molar refractivity (Wildman–Crippen MR) is 123 cm³/mol. The summed E-state index contributed by atoms with van der Waals surface area (Å²) in [5.41, 5.74) is 1.75. The van der Waals surface area contributed by atoms with E-state index in [9.17, 15) is 8.42 Å². The average molecular weight is 473 g/mol. The lowest BCUT2D eigenvalue weighted by Gasteiger charge is -2.29. The average Bonchev–Trinajstić information content (AvgIpc) is 3.10. The lowest BCUT2D eigenvalue weighted by atomic mass is 9.86. The highest BCUT2D eigenvalue weighted by molar-refractivity contribution is 7.88. The van der Waals surface area contributed by atoms with E-state index in [4.69, 9.17) is 16.3 Å². The monoisotopic (exact) mass is 472 g/mol. The van der Waals surface area contributed by atoms with Gasteiger partial charge in [0, 0.05) is 17.5 Å². The van der Waals surface area contributed by atoms with Gasteiger partial charge >= 0.3 is 0 Å². The Kier molecular flexibility index (Phi) is 5.69. The van der Waals surface area contributed by atoms with Crippen LogP contribution in [0.3, 0.4) is 0 Å². The molecule has 1 aliphatic heterocycles. The number of ether oxygens (including phenoxy) is 1. The number of para-hydroxylation sites is 1. The van der Waals surface area contributed by atoms with E-state index < -0.39 is 10.0 Å². The molecule has 2 heterocycles. The van der Waals surface area contributed by atoms with E-state index in [1.54, 1.807) is 0 Å². The van der Waals surface area contributed by atoms with Crippen LogP contribution >= 0.6 is 11.6 Å². The Balaban J connectivity index is 1.43. The molecule has 0 saturated heterocycles. The Morgan fingerprint density at radius 1 is 1.00 bits per heavy atom. The minimum Gasteiger partial charge on any atom is -0.490 e. The van der Waals surface area contributed by atoms with Crippen LogP contribution < -0.4 is 4.74 Å². The fourth-order valence-electron chi connectivity index (χ4n) is 4.63. The highest BCUT2D eigenvalue weighted by Crippen LogP contribution is 2.37. The van der Waals surface area contributed by atoms with Gasteiger partial charge in [-0.05, 0) is 61.6 Å². The quantitative estimate of drug-likeness (QED) is 0.565. The summed E-state index contributed by atoms with van der Waals surface area (Å²) in [6.45, 7) is 0.444. The smallest absolute Gasteiger partial charge is 0.211 e. The number of sulfonamides is 1. The number of hydrogen-bond acceptors (Lipinski definition) is 5. The van der Waals surface area contributed by atoms with Gasteiger partial charge in [0.25, 0.3) is 0 Å². The summed E-state index contributed by atoms with van der Waals surface area (Å²) in [4.78, 5) is 0. The second-order valence-electron chi connectivity index (χ2n) is 8.52. The summed E-state index contributed by atoms with van der Waals surface area (Å²) in [6, 6.07) is 15.5. The van der Waals surface area contributed by atoms with E-state index in [-0.39, 0.29) is 25.1 Å². The molecule has 9 heteroatoms. The van der Waals surface area contributed by atoms with Gasteiger partial charge in [0.15, 0.2) is 5.82 Å². The second kappa shape index (κ2) is 8.50. The highest BCUT2D eigenvalue weighted by Gasteiger charge is 2.32. The van der Waals surface area contributed by atoms with Crippen molar-refractivity contribution in [3.63, 3.8) is 0 Å². The van der Waals surface area contributed by atoms with E-state index in [0.29, 0.717) is 10.8 Å². The molecule has 0 spiro atoms. The molecule has 0 atom stereocenters. The Bertz CT molecular complexity index is 1220. The van der Waals surface area contributed by atoms with Gasteiger partial charge < -0.3 is 4.74 Å². The van der Waals surface area contributed by atoms with Crippen molar-refractivity contribution in [1.29, 1.82) is 0 Å². The zero-order valence-corrected chi connectivity index (χ0v) is 19.4. The normalized spacial score (nSPS) is 21.4. The first kappa shape index (κ1) is 21.4. The van der Waals surface area contributed by atoms with Crippen molar-refractivity contribution in [1.82, 2.24) is 19.1 Å². The molecular formula is C23H25ClN4O3S. The van der Waals surface area contributed by atoms with Crippen molar-refractivity contribution in [2.75, 3.05) is 6.26 Å². The van der Waals surface area contributed by atoms with Gasteiger partial charge in [-0.1, -0.05) is 29.8 Å². The first-order valence-corrected chi connectivity index (χ1v) is 13.0. The number of hydrogen-bond donors (Lipinski definition) is 0. The minimum absolute atomic E-state index is 0.185. The van der Waals surface area contributed by atoms with Crippen LogP contribution in [0.5, 0.6) is 5.75 Å². The zero-order chi connectivity index (χ0) is 22.3. The Labute approximate surface area is 193 Å². The third-order valence-corrected chi connectivity index (χ3v) is 7.69. The molecule has 168 valence electrons. The molecule has 1 fully saturated rings. The predicted octanol–water partition coefficient (Wildman–Crippen LogP) is 4.30. The van der Waals surface area contributed by atoms with Crippen LogP contribution in [0.4, 0.5) is 0 Å². The van der Waals surface area contributed by atoms with Gasteiger partial charge in [-0.3, -0.25) is 4.57 Å². The van der Waals surface area contributed by atoms with E-state index in [2.05, 4.69) is 10.2 Å². The van der Waals surface area contributed by atoms with Crippen LogP contribution in [-0.2, 0) is 23.1 Å². The van der Waals surface area contributed by atoms with E-state index >= 15 is 0 Å². The van der Waals surface area contributed by atoms with Crippen LogP contribution in [-0.4, -0.2) is 39.8 Å². The summed E-state index contributed by atoms with van der Waals surface area (Å²) in [5.74, 6) is 2.66. The van der Waals surface area contributed by atoms with Crippen LogP contribution in [0.15, 0.2) is 48.5 Å². The lowest BCUT2D eigenvalue weighted by molar-refractivity contribution is 0.144. The molecule has 1 aliphatic carbocycles. The molecule has 0 N–H and O–H groups in total. The van der Waals surface area contributed by atoms with E-state index in [0.717, 1.165) is 48.5 Å². The van der Waals surface area contributed by atoms with Gasteiger partial charge in [-0.15, -0.1) is 10.2 Å². The van der Waals surface area contributed by atoms with Crippen molar-refractivity contribution in [2.45, 2.75) is 50.8 Å². The number of aromatic nitrogens is 3. The van der Waals surface area contributed by atoms with Crippen LogP contribution in [0.1, 0.15) is 48.8 Å². The van der Waals surface area contributed by atoms with Crippen LogP contribution in [0.25, 0.3) is 5.69 Å². The minimum atomic E-state index is -3.41. The van der Waals surface area contributed by atoms with Crippen molar-refractivity contribution in [2.24, 2.45) is 0 Å². The third kappa shape index (κ3) is 4.27. The summed E-state index contributed by atoms with van der Waals surface area (Å²) in [6.07, 6.45) is 5.16. The molecule has 1 aromatic heterocycles. The molecule has 1 saturated carbocycles. The summed E-state index contributed by atoms with van der Waals surface area (Å²) >= 11 is 6.24. The largest absolute Gasteiger partial charge is 0.490 e. The van der Waals surface area contributed by atoms with Crippen molar-refractivity contribution in [3.8, 4) is 11.4 Å². The maximum atomic E-state index is 12.4.